The van der Waals surface area contributed by atoms with E-state index in [0.717, 1.165) is 5.01 Å². The van der Waals surface area contributed by atoms with Crippen molar-refractivity contribution < 1.29 is 18.6 Å². The molecule has 2 N–H and O–H groups in total. The number of benzene rings is 1. The van der Waals surface area contributed by atoms with Gasteiger partial charge in [0.25, 0.3) is 0 Å². The molecule has 0 saturated carbocycles. The predicted molar refractivity (Wildman–Crippen MR) is 73.4 cm³/mol. The molecule has 2 rings (SSSR count). The highest BCUT2D eigenvalue weighted by molar-refractivity contribution is 7.09. The molecule has 0 aliphatic carbocycles. The molecule has 0 bridgehead atoms. The molecule has 1 aromatic heterocycles. The highest BCUT2D eigenvalue weighted by Gasteiger charge is 2.11. The van der Waals surface area contributed by atoms with Crippen molar-refractivity contribution in [2.75, 3.05) is 5.32 Å². The van der Waals surface area contributed by atoms with Gasteiger partial charge in [-0.1, -0.05) is 11.6 Å². The minimum absolute atomic E-state index is 0.0218. The van der Waals surface area contributed by atoms with Crippen LogP contribution in [0.4, 0.5) is 14.5 Å². The number of nitrogens with zero attached hydrogens (tertiary/aromatic N) is 1. The van der Waals surface area contributed by atoms with Crippen LogP contribution in [0.15, 0.2) is 23.6 Å². The van der Waals surface area contributed by atoms with Crippen LogP contribution < -0.4 is 10.1 Å². The Morgan fingerprint density at radius 2 is 2.25 bits per heavy atom. The summed E-state index contributed by atoms with van der Waals surface area (Å²) in [5.74, 6) is -0.0218. The van der Waals surface area contributed by atoms with Crippen LogP contribution >= 0.6 is 22.9 Å². The van der Waals surface area contributed by atoms with Crippen LogP contribution in [0.1, 0.15) is 10.7 Å². The van der Waals surface area contributed by atoms with Crippen molar-refractivity contribution in [1.29, 1.82) is 0 Å². The number of thiazole rings is 1. The van der Waals surface area contributed by atoms with Gasteiger partial charge in [-0.25, -0.2) is 4.98 Å². The molecule has 0 amide bonds. The minimum atomic E-state index is -2.92. The summed E-state index contributed by atoms with van der Waals surface area (Å²) < 4.78 is 29.0. The number of aromatic nitrogens is 1. The van der Waals surface area contributed by atoms with E-state index in [4.69, 9.17) is 16.7 Å². The first-order valence-corrected chi connectivity index (χ1v) is 6.86. The van der Waals surface area contributed by atoms with E-state index in [-0.39, 0.29) is 12.4 Å². The van der Waals surface area contributed by atoms with E-state index in [1.807, 2.05) is 0 Å². The van der Waals surface area contributed by atoms with E-state index in [0.29, 0.717) is 22.9 Å². The Bertz CT molecular complexity index is 580. The van der Waals surface area contributed by atoms with Gasteiger partial charge in [0, 0.05) is 16.5 Å². The summed E-state index contributed by atoms with van der Waals surface area (Å²) in [6.07, 6.45) is 0. The molecule has 0 fully saturated rings. The van der Waals surface area contributed by atoms with E-state index in [9.17, 15) is 8.78 Å². The Morgan fingerprint density at radius 3 is 2.90 bits per heavy atom. The minimum Gasteiger partial charge on any atom is -0.433 e. The van der Waals surface area contributed by atoms with Crippen LogP contribution in [0, 0.1) is 0 Å². The van der Waals surface area contributed by atoms with E-state index in [1.54, 1.807) is 17.5 Å². The second kappa shape index (κ2) is 6.83. The van der Waals surface area contributed by atoms with E-state index >= 15 is 0 Å². The number of aliphatic hydroxyl groups excluding tert-OH is 1. The van der Waals surface area contributed by atoms with Crippen LogP contribution in [0.25, 0.3) is 0 Å². The second-order valence-electron chi connectivity index (χ2n) is 3.76. The summed E-state index contributed by atoms with van der Waals surface area (Å²) in [5.41, 5.74) is 0.974. The zero-order chi connectivity index (χ0) is 14.5. The Hall–Kier alpha value is -1.44. The SMILES string of the molecule is OCc1csc(CNc2ccc(Cl)cc2OC(F)F)n1. The fourth-order valence-corrected chi connectivity index (χ4v) is 2.40. The Balaban J connectivity index is 2.08. The molecule has 1 aromatic carbocycles. The van der Waals surface area contributed by atoms with Crippen molar-refractivity contribution in [3.63, 3.8) is 0 Å². The normalized spacial score (nSPS) is 10.8. The van der Waals surface area contributed by atoms with Gasteiger partial charge in [0.05, 0.1) is 24.5 Å². The zero-order valence-corrected chi connectivity index (χ0v) is 11.7. The molecule has 0 unspecified atom stereocenters. The molecule has 0 spiro atoms. The van der Waals surface area contributed by atoms with Gasteiger partial charge in [-0.05, 0) is 12.1 Å². The summed E-state index contributed by atoms with van der Waals surface area (Å²) in [5, 5.41) is 14.6. The molecule has 0 aliphatic heterocycles. The van der Waals surface area contributed by atoms with Gasteiger partial charge in [0.1, 0.15) is 5.01 Å². The van der Waals surface area contributed by atoms with Gasteiger partial charge in [0.15, 0.2) is 5.75 Å². The first kappa shape index (κ1) is 15.0. The number of ether oxygens (including phenoxy) is 1. The summed E-state index contributed by atoms with van der Waals surface area (Å²) in [4.78, 5) is 4.14. The first-order chi connectivity index (χ1) is 9.58. The average Bonchev–Trinajstić information content (AvgIpc) is 2.85. The molecule has 108 valence electrons. The molecule has 0 saturated heterocycles. The van der Waals surface area contributed by atoms with Crippen molar-refractivity contribution >= 4 is 28.6 Å². The summed E-state index contributed by atoms with van der Waals surface area (Å²) >= 11 is 7.12. The molecular formula is C12H11ClF2N2O2S. The maximum absolute atomic E-state index is 12.3. The van der Waals surface area contributed by atoms with Gasteiger partial charge < -0.3 is 15.2 Å². The van der Waals surface area contributed by atoms with Gasteiger partial charge in [0.2, 0.25) is 0 Å². The van der Waals surface area contributed by atoms with Gasteiger partial charge >= 0.3 is 6.61 Å². The molecule has 20 heavy (non-hydrogen) atoms. The van der Waals surface area contributed by atoms with E-state index in [1.165, 1.54) is 17.4 Å². The quantitative estimate of drug-likeness (QED) is 0.855. The number of aliphatic hydroxyl groups is 1. The Labute approximate surface area is 123 Å². The highest BCUT2D eigenvalue weighted by atomic mass is 35.5. The van der Waals surface area contributed by atoms with E-state index < -0.39 is 6.61 Å². The summed E-state index contributed by atoms with van der Waals surface area (Å²) in [6.45, 7) is -2.71. The van der Waals surface area contributed by atoms with Gasteiger partial charge in [-0.3, -0.25) is 0 Å². The van der Waals surface area contributed by atoms with Crippen LogP contribution in [0.3, 0.4) is 0 Å². The smallest absolute Gasteiger partial charge is 0.387 e. The summed E-state index contributed by atoms with van der Waals surface area (Å²) in [6, 6.07) is 4.45. The lowest BCUT2D eigenvalue weighted by atomic mass is 10.3. The molecule has 1 heterocycles. The van der Waals surface area contributed by atoms with Crippen LogP contribution in [0.2, 0.25) is 5.02 Å². The fourth-order valence-electron chi connectivity index (χ4n) is 1.51. The third kappa shape index (κ3) is 4.03. The van der Waals surface area contributed by atoms with Crippen molar-refractivity contribution in [3.05, 3.63) is 39.3 Å². The maximum Gasteiger partial charge on any atom is 0.387 e. The highest BCUT2D eigenvalue weighted by Crippen LogP contribution is 2.30. The lowest BCUT2D eigenvalue weighted by Crippen LogP contribution is -2.06. The molecule has 8 heteroatoms. The number of nitrogens with one attached hydrogen (secondary N) is 1. The fraction of sp³-hybridized carbons (Fsp3) is 0.250. The lowest BCUT2D eigenvalue weighted by Gasteiger charge is -2.12. The van der Waals surface area contributed by atoms with Crippen molar-refractivity contribution in [2.45, 2.75) is 19.8 Å². The maximum atomic E-state index is 12.3. The number of anilines is 1. The molecule has 0 radical (unpaired) electrons. The number of hydrogen-bond acceptors (Lipinski definition) is 5. The second-order valence-corrected chi connectivity index (χ2v) is 5.14. The monoisotopic (exact) mass is 320 g/mol. The Morgan fingerprint density at radius 1 is 1.45 bits per heavy atom. The number of rotatable bonds is 6. The summed E-state index contributed by atoms with van der Waals surface area (Å²) in [7, 11) is 0. The topological polar surface area (TPSA) is 54.4 Å². The molecular weight excluding hydrogens is 310 g/mol. The van der Waals surface area contributed by atoms with Crippen molar-refractivity contribution in [3.8, 4) is 5.75 Å². The standard InChI is InChI=1S/C12H11ClF2N2O2S/c13-7-1-2-9(10(3-7)19-12(14)15)16-4-11-17-8(5-18)6-20-11/h1-3,6,12,16,18H,4-5H2. The predicted octanol–water partition coefficient (Wildman–Crippen LogP) is 3.50. The molecule has 0 atom stereocenters. The van der Waals surface area contributed by atoms with Crippen LogP contribution in [-0.2, 0) is 13.2 Å². The molecule has 0 aliphatic rings. The average molecular weight is 321 g/mol. The van der Waals surface area contributed by atoms with Crippen LogP contribution in [0.5, 0.6) is 5.75 Å². The Kier molecular flexibility index (Phi) is 5.11. The first-order valence-electron chi connectivity index (χ1n) is 5.61. The van der Waals surface area contributed by atoms with Gasteiger partial charge in [-0.15, -0.1) is 11.3 Å². The van der Waals surface area contributed by atoms with Crippen molar-refractivity contribution in [1.82, 2.24) is 4.98 Å². The number of halogens is 3. The van der Waals surface area contributed by atoms with Crippen molar-refractivity contribution in [2.24, 2.45) is 0 Å². The number of alkyl halides is 2. The lowest BCUT2D eigenvalue weighted by molar-refractivity contribution is -0.0493. The number of hydrogen-bond donors (Lipinski definition) is 2. The third-order valence-electron chi connectivity index (χ3n) is 2.35. The molecule has 4 nitrogen and oxygen atoms in total. The largest absolute Gasteiger partial charge is 0.433 e. The van der Waals surface area contributed by atoms with Gasteiger partial charge in [-0.2, -0.15) is 8.78 Å². The van der Waals surface area contributed by atoms with Crippen LogP contribution in [-0.4, -0.2) is 16.7 Å². The van der Waals surface area contributed by atoms with E-state index in [2.05, 4.69) is 15.0 Å². The third-order valence-corrected chi connectivity index (χ3v) is 3.48. The zero-order valence-electron chi connectivity index (χ0n) is 10.1. The molecule has 2 aromatic rings.